The molecular formula is C9H17NO3S. The van der Waals surface area contributed by atoms with Crippen LogP contribution in [-0.2, 0) is 9.59 Å². The van der Waals surface area contributed by atoms with Gasteiger partial charge >= 0.3 is 5.97 Å². The van der Waals surface area contributed by atoms with E-state index in [9.17, 15) is 9.59 Å². The van der Waals surface area contributed by atoms with Crippen molar-refractivity contribution < 1.29 is 14.7 Å². The van der Waals surface area contributed by atoms with Crippen molar-refractivity contribution in [3.8, 4) is 0 Å². The van der Waals surface area contributed by atoms with Gasteiger partial charge in [-0.25, -0.2) is 0 Å². The van der Waals surface area contributed by atoms with Crippen LogP contribution in [0.5, 0.6) is 0 Å². The Bertz CT molecular complexity index is 223. The molecule has 0 aliphatic heterocycles. The number of carboxylic acid groups (broad SMARTS) is 1. The first-order chi connectivity index (χ1) is 6.25. The maximum absolute atomic E-state index is 11.4. The van der Waals surface area contributed by atoms with Crippen LogP contribution < -0.4 is 0 Å². The van der Waals surface area contributed by atoms with E-state index in [0.29, 0.717) is 6.42 Å². The normalized spacial score (nSPS) is 11.1. The molecule has 0 bridgehead atoms. The van der Waals surface area contributed by atoms with E-state index in [2.05, 4.69) is 12.8 Å². The van der Waals surface area contributed by atoms with Gasteiger partial charge in [0.1, 0.15) is 0 Å². The second kappa shape index (κ2) is 5.24. The Balaban J connectivity index is 3.91. The number of carbonyl (C=O) groups is 2. The molecule has 4 nitrogen and oxygen atoms in total. The number of hydrogen-bond acceptors (Lipinski definition) is 3. The van der Waals surface area contributed by atoms with E-state index in [0.717, 1.165) is 0 Å². The highest BCUT2D eigenvalue weighted by atomic mass is 32.1. The number of thiol groups is 1. The summed E-state index contributed by atoms with van der Waals surface area (Å²) >= 11 is 4.07. The first-order valence-electron chi connectivity index (χ1n) is 4.49. The second-order valence-corrected chi connectivity index (χ2v) is 4.52. The number of carboxylic acids is 1. The van der Waals surface area contributed by atoms with Crippen molar-refractivity contribution >= 4 is 24.7 Å². The molecule has 0 aromatic heterocycles. The maximum Gasteiger partial charge on any atom is 0.303 e. The van der Waals surface area contributed by atoms with Gasteiger partial charge in [-0.3, -0.25) is 13.9 Å². The monoisotopic (exact) mass is 219 g/mol. The highest BCUT2D eigenvalue weighted by molar-refractivity contribution is 7.78. The molecule has 0 spiro atoms. The van der Waals surface area contributed by atoms with Crippen molar-refractivity contribution in [2.75, 3.05) is 0 Å². The predicted octanol–water partition coefficient (Wildman–Crippen LogP) is 1.71. The Morgan fingerprint density at radius 1 is 1.29 bits per heavy atom. The Kier molecular flexibility index (Phi) is 4.97. The third-order valence-electron chi connectivity index (χ3n) is 1.65. The van der Waals surface area contributed by atoms with Gasteiger partial charge in [0.25, 0.3) is 0 Å². The van der Waals surface area contributed by atoms with Crippen LogP contribution in [0.3, 0.4) is 0 Å². The fraction of sp³-hybridized carbons (Fsp3) is 0.778. The molecule has 14 heavy (non-hydrogen) atoms. The largest absolute Gasteiger partial charge is 0.481 e. The smallest absolute Gasteiger partial charge is 0.303 e. The molecule has 5 heteroatoms. The summed E-state index contributed by atoms with van der Waals surface area (Å²) in [5.74, 6) is -1.01. The van der Waals surface area contributed by atoms with Gasteiger partial charge in [0.2, 0.25) is 5.91 Å². The van der Waals surface area contributed by atoms with Crippen LogP contribution in [0.4, 0.5) is 0 Å². The predicted molar refractivity (Wildman–Crippen MR) is 57.1 cm³/mol. The van der Waals surface area contributed by atoms with E-state index < -0.39 is 5.97 Å². The molecule has 0 rings (SSSR count). The first kappa shape index (κ1) is 13.3. The van der Waals surface area contributed by atoms with Crippen LogP contribution in [0, 0.1) is 0 Å². The summed E-state index contributed by atoms with van der Waals surface area (Å²) in [6.45, 7) is 5.61. The first-order valence-corrected chi connectivity index (χ1v) is 4.89. The van der Waals surface area contributed by atoms with Gasteiger partial charge in [0.15, 0.2) is 0 Å². The fourth-order valence-corrected chi connectivity index (χ4v) is 0.971. The molecule has 0 saturated heterocycles. The lowest BCUT2D eigenvalue weighted by molar-refractivity contribution is -0.137. The lowest BCUT2D eigenvalue weighted by Crippen LogP contribution is -2.38. The van der Waals surface area contributed by atoms with Gasteiger partial charge in [-0.2, -0.15) is 0 Å². The molecule has 0 fully saturated rings. The highest BCUT2D eigenvalue weighted by Gasteiger charge is 2.22. The Morgan fingerprint density at radius 3 is 2.14 bits per heavy atom. The van der Waals surface area contributed by atoms with E-state index in [1.54, 1.807) is 0 Å². The number of amides is 1. The number of carbonyl (C=O) groups excluding carboxylic acids is 1. The van der Waals surface area contributed by atoms with Crippen molar-refractivity contribution in [1.29, 1.82) is 0 Å². The SMILES string of the molecule is CC(C)(C)N(S)C(=O)CCCC(=O)O. The highest BCUT2D eigenvalue weighted by Crippen LogP contribution is 2.17. The van der Waals surface area contributed by atoms with E-state index in [4.69, 9.17) is 5.11 Å². The molecule has 0 aromatic carbocycles. The number of aliphatic carboxylic acids is 1. The topological polar surface area (TPSA) is 57.6 Å². The third kappa shape index (κ3) is 5.11. The van der Waals surface area contributed by atoms with Gasteiger partial charge in [-0.1, -0.05) is 12.8 Å². The molecule has 0 radical (unpaired) electrons. The van der Waals surface area contributed by atoms with E-state index in [-0.39, 0.29) is 24.3 Å². The van der Waals surface area contributed by atoms with Crippen LogP contribution in [0.2, 0.25) is 0 Å². The van der Waals surface area contributed by atoms with Crippen LogP contribution in [-0.4, -0.2) is 26.8 Å². The van der Waals surface area contributed by atoms with Crippen LogP contribution in [0.15, 0.2) is 0 Å². The fourth-order valence-electron chi connectivity index (χ4n) is 0.871. The summed E-state index contributed by atoms with van der Waals surface area (Å²) in [4.78, 5) is 21.6. The molecule has 0 unspecified atom stereocenters. The lowest BCUT2D eigenvalue weighted by atomic mass is 10.1. The summed E-state index contributed by atoms with van der Waals surface area (Å²) in [7, 11) is 0. The average molecular weight is 219 g/mol. The van der Waals surface area contributed by atoms with E-state index in [1.165, 1.54) is 4.31 Å². The Hall–Kier alpha value is -0.710. The van der Waals surface area contributed by atoms with Crippen molar-refractivity contribution in [3.05, 3.63) is 0 Å². The summed E-state index contributed by atoms with van der Waals surface area (Å²) < 4.78 is 1.34. The molecule has 82 valence electrons. The number of rotatable bonds is 4. The van der Waals surface area contributed by atoms with Gasteiger partial charge < -0.3 is 5.11 Å². The quantitative estimate of drug-likeness (QED) is 0.708. The number of hydrogen-bond donors (Lipinski definition) is 2. The zero-order valence-corrected chi connectivity index (χ0v) is 9.67. The molecule has 0 aromatic rings. The minimum Gasteiger partial charge on any atom is -0.481 e. The molecular weight excluding hydrogens is 202 g/mol. The minimum atomic E-state index is -0.876. The van der Waals surface area contributed by atoms with Crippen molar-refractivity contribution in [3.63, 3.8) is 0 Å². The maximum atomic E-state index is 11.4. The molecule has 1 N–H and O–H groups in total. The van der Waals surface area contributed by atoms with Crippen molar-refractivity contribution in [2.24, 2.45) is 0 Å². The Morgan fingerprint density at radius 2 is 1.79 bits per heavy atom. The summed E-state index contributed by atoms with van der Waals surface area (Å²) in [5, 5.41) is 8.38. The standard InChI is InChI=1S/C9H17NO3S/c1-9(2,3)10(14)7(11)5-4-6-8(12)13/h14H,4-6H2,1-3H3,(H,12,13). The van der Waals surface area contributed by atoms with E-state index in [1.807, 2.05) is 20.8 Å². The Labute approximate surface area is 89.8 Å². The van der Waals surface area contributed by atoms with E-state index >= 15 is 0 Å². The third-order valence-corrected chi connectivity index (χ3v) is 2.48. The second-order valence-electron chi connectivity index (χ2n) is 4.12. The molecule has 0 aliphatic rings. The molecule has 0 saturated carbocycles. The van der Waals surface area contributed by atoms with Crippen molar-refractivity contribution in [2.45, 2.75) is 45.6 Å². The average Bonchev–Trinajstić information content (AvgIpc) is 2.00. The summed E-state index contributed by atoms with van der Waals surface area (Å²) in [6, 6.07) is 0. The lowest BCUT2D eigenvalue weighted by Gasteiger charge is -2.30. The van der Waals surface area contributed by atoms with Crippen LogP contribution in [0.25, 0.3) is 0 Å². The summed E-state index contributed by atoms with van der Waals surface area (Å²) in [5.41, 5.74) is -0.330. The van der Waals surface area contributed by atoms with Gasteiger partial charge in [-0.05, 0) is 27.2 Å². The molecule has 0 aliphatic carbocycles. The zero-order valence-electron chi connectivity index (χ0n) is 8.78. The van der Waals surface area contributed by atoms with Gasteiger partial charge in [0.05, 0.1) is 0 Å². The minimum absolute atomic E-state index is 0.0253. The van der Waals surface area contributed by atoms with Crippen LogP contribution in [0.1, 0.15) is 40.0 Å². The number of nitrogens with zero attached hydrogens (tertiary/aromatic N) is 1. The zero-order chi connectivity index (χ0) is 11.4. The van der Waals surface area contributed by atoms with Gasteiger partial charge in [0, 0.05) is 18.4 Å². The van der Waals surface area contributed by atoms with Crippen LogP contribution >= 0.6 is 12.8 Å². The van der Waals surface area contributed by atoms with Crippen molar-refractivity contribution in [1.82, 2.24) is 4.31 Å². The molecule has 0 heterocycles. The van der Waals surface area contributed by atoms with Gasteiger partial charge in [-0.15, -0.1) is 0 Å². The summed E-state index contributed by atoms with van der Waals surface area (Å²) in [6.07, 6.45) is 0.617. The molecule has 1 amide bonds. The molecule has 0 atom stereocenters.